The summed E-state index contributed by atoms with van der Waals surface area (Å²) in [6.07, 6.45) is 4.44. The van der Waals surface area contributed by atoms with Gasteiger partial charge >= 0.3 is 0 Å². The van der Waals surface area contributed by atoms with Gasteiger partial charge in [-0.1, -0.05) is 18.2 Å². The van der Waals surface area contributed by atoms with Crippen LogP contribution in [-0.2, 0) is 0 Å². The van der Waals surface area contributed by atoms with Crippen LogP contribution in [0.2, 0.25) is 0 Å². The zero-order valence-electron chi connectivity index (χ0n) is 14.9. The Balaban J connectivity index is 1.47. The number of hydrogen-bond acceptors (Lipinski definition) is 5. The number of quaternary nitrogens is 1. The Morgan fingerprint density at radius 1 is 1.11 bits per heavy atom. The van der Waals surface area contributed by atoms with E-state index in [0.29, 0.717) is 11.8 Å². The van der Waals surface area contributed by atoms with Gasteiger partial charge in [-0.3, -0.25) is 10.7 Å². The normalized spacial score (nSPS) is 15.8. The van der Waals surface area contributed by atoms with Crippen molar-refractivity contribution >= 4 is 11.5 Å². The van der Waals surface area contributed by atoms with Crippen molar-refractivity contribution in [2.75, 3.05) is 13.1 Å². The maximum atomic E-state index is 8.59. The smallest absolute Gasteiger partial charge is 0.236 e. The Bertz CT molecular complexity index is 907. The largest absolute Gasteiger partial charge is 0.457 e. The first-order chi connectivity index (χ1) is 13.3. The quantitative estimate of drug-likeness (QED) is 0.564. The lowest BCUT2D eigenvalue weighted by atomic mass is 10.0. The number of benzene rings is 2. The molecule has 0 aliphatic carbocycles. The maximum absolute atomic E-state index is 8.59. The summed E-state index contributed by atoms with van der Waals surface area (Å²) in [5.74, 6) is 2.34. The molecule has 4 N–H and O–H groups in total. The summed E-state index contributed by atoms with van der Waals surface area (Å²) < 4.78 is 5.82. The molecule has 3 aromatic rings. The van der Waals surface area contributed by atoms with E-state index in [0.717, 1.165) is 41.5 Å². The molecule has 0 radical (unpaired) electrons. The van der Waals surface area contributed by atoms with Crippen LogP contribution >= 0.6 is 0 Å². The molecule has 136 valence electrons. The van der Waals surface area contributed by atoms with Crippen LogP contribution in [0.1, 0.15) is 17.5 Å². The number of nitrogens with two attached hydrogens (primary N) is 1. The molecule has 0 spiro atoms. The third kappa shape index (κ3) is 4.19. The van der Waals surface area contributed by atoms with Gasteiger partial charge < -0.3 is 10.1 Å². The molecule has 2 aromatic carbocycles. The van der Waals surface area contributed by atoms with Crippen LogP contribution in [0.15, 0.2) is 67.1 Å². The highest BCUT2D eigenvalue weighted by atomic mass is 16.5. The van der Waals surface area contributed by atoms with Crippen LogP contribution in [-0.4, -0.2) is 34.8 Å². The summed E-state index contributed by atoms with van der Waals surface area (Å²) in [6.45, 7) is 2.00. The van der Waals surface area contributed by atoms with Gasteiger partial charge in [0.05, 0.1) is 23.9 Å². The second kappa shape index (κ2) is 8.07. The van der Waals surface area contributed by atoms with Gasteiger partial charge in [0.2, 0.25) is 5.82 Å². The van der Waals surface area contributed by atoms with E-state index in [1.54, 1.807) is 6.20 Å². The Kier molecular flexibility index (Phi) is 5.18. The van der Waals surface area contributed by atoms with Crippen LogP contribution in [0.5, 0.6) is 11.5 Å². The molecule has 0 bridgehead atoms. The number of aromatic nitrogens is 2. The molecule has 1 fully saturated rings. The van der Waals surface area contributed by atoms with Gasteiger partial charge in [-0.25, -0.2) is 4.98 Å². The Morgan fingerprint density at radius 2 is 1.85 bits per heavy atom. The van der Waals surface area contributed by atoms with Crippen LogP contribution in [0.4, 0.5) is 5.82 Å². The van der Waals surface area contributed by atoms with Crippen molar-refractivity contribution < 1.29 is 10.1 Å². The predicted molar refractivity (Wildman–Crippen MR) is 104 cm³/mol. The molecular weight excluding hydrogens is 338 g/mol. The van der Waals surface area contributed by atoms with Gasteiger partial charge in [-0.2, -0.15) is 4.98 Å². The fourth-order valence-corrected chi connectivity index (χ4v) is 2.97. The molecule has 1 atom stereocenters. The lowest BCUT2D eigenvalue weighted by Crippen LogP contribution is -2.83. The number of hydrogen-bond donors (Lipinski definition) is 3. The summed E-state index contributed by atoms with van der Waals surface area (Å²) in [7, 11) is 0. The molecule has 1 aliphatic heterocycles. The van der Waals surface area contributed by atoms with Crippen LogP contribution < -0.4 is 15.4 Å². The van der Waals surface area contributed by atoms with Crippen LogP contribution in [0.25, 0.3) is 0 Å². The fourth-order valence-electron chi connectivity index (χ4n) is 2.97. The third-order valence-electron chi connectivity index (χ3n) is 4.66. The molecule has 6 heteroatoms. The molecule has 1 aromatic heterocycles. The number of ether oxygens (including phenoxy) is 1. The van der Waals surface area contributed by atoms with Gasteiger partial charge in [0.15, 0.2) is 0 Å². The second-order valence-corrected chi connectivity index (χ2v) is 6.52. The Hall–Kier alpha value is -3.09. The Morgan fingerprint density at radius 3 is 2.56 bits per heavy atom. The van der Waals surface area contributed by atoms with E-state index in [2.05, 4.69) is 20.6 Å². The first-order valence-corrected chi connectivity index (χ1v) is 9.08. The van der Waals surface area contributed by atoms with Gasteiger partial charge in [0.25, 0.3) is 0 Å². The highest BCUT2D eigenvalue weighted by molar-refractivity contribution is 6.12. The van der Waals surface area contributed by atoms with Crippen molar-refractivity contribution in [3.8, 4) is 11.5 Å². The molecule has 0 saturated carbocycles. The second-order valence-electron chi connectivity index (χ2n) is 6.52. The number of rotatable bonds is 7. The van der Waals surface area contributed by atoms with Crippen LogP contribution in [0.3, 0.4) is 0 Å². The zero-order chi connectivity index (χ0) is 18.5. The summed E-state index contributed by atoms with van der Waals surface area (Å²) in [5, 5.41) is 14.1. The number of nitrogens with zero attached hydrogens (tertiary/aromatic N) is 2. The average Bonchev–Trinajstić information content (AvgIpc) is 2.68. The summed E-state index contributed by atoms with van der Waals surface area (Å²) in [6, 6.07) is 17.7. The van der Waals surface area contributed by atoms with E-state index in [9.17, 15) is 0 Å². The minimum atomic E-state index is 0.412. The van der Waals surface area contributed by atoms with E-state index in [4.69, 9.17) is 10.1 Å². The molecule has 1 saturated heterocycles. The monoisotopic (exact) mass is 360 g/mol. The number of para-hydroxylation sites is 1. The van der Waals surface area contributed by atoms with Crippen molar-refractivity contribution in [1.29, 1.82) is 5.41 Å². The number of nitrogens with one attached hydrogen (secondary N) is 2. The third-order valence-corrected chi connectivity index (χ3v) is 4.66. The van der Waals surface area contributed by atoms with E-state index in [1.807, 2.05) is 54.6 Å². The molecule has 27 heavy (non-hydrogen) atoms. The minimum Gasteiger partial charge on any atom is -0.457 e. The summed E-state index contributed by atoms with van der Waals surface area (Å²) >= 11 is 0. The molecule has 6 nitrogen and oxygen atoms in total. The van der Waals surface area contributed by atoms with E-state index in [1.165, 1.54) is 12.7 Å². The van der Waals surface area contributed by atoms with E-state index < -0.39 is 0 Å². The van der Waals surface area contributed by atoms with Crippen molar-refractivity contribution in [3.63, 3.8) is 0 Å². The first-order valence-electron chi connectivity index (χ1n) is 9.08. The van der Waals surface area contributed by atoms with Crippen molar-refractivity contribution in [2.24, 2.45) is 0 Å². The van der Waals surface area contributed by atoms with E-state index >= 15 is 0 Å². The average molecular weight is 360 g/mol. The van der Waals surface area contributed by atoms with Crippen molar-refractivity contribution in [2.45, 2.75) is 12.5 Å². The van der Waals surface area contributed by atoms with Crippen molar-refractivity contribution in [1.82, 2.24) is 15.3 Å². The molecule has 0 unspecified atom stereocenters. The van der Waals surface area contributed by atoms with Gasteiger partial charge in [-0.15, -0.1) is 0 Å². The standard InChI is InChI=1S/C21H21N5O/c22-20(19-13-23-14-26-21(19)25-12-16-10-11-24-16)15-6-8-18(9-7-15)27-17-4-2-1-3-5-17/h1-9,13-14,16,22,24H,10-12H2,(H,23,25,26)/p+1/t16-/m1/s1. The van der Waals surface area contributed by atoms with Crippen molar-refractivity contribution in [3.05, 3.63) is 78.2 Å². The van der Waals surface area contributed by atoms with E-state index in [-0.39, 0.29) is 0 Å². The first kappa shape index (κ1) is 17.3. The minimum absolute atomic E-state index is 0.412. The fraction of sp³-hybridized carbons (Fsp3) is 0.190. The highest BCUT2D eigenvalue weighted by Gasteiger charge is 2.21. The topological polar surface area (TPSA) is 87.5 Å². The molecule has 4 rings (SSSR count). The highest BCUT2D eigenvalue weighted by Crippen LogP contribution is 2.22. The molecule has 0 amide bonds. The van der Waals surface area contributed by atoms with Gasteiger partial charge in [0.1, 0.15) is 17.8 Å². The zero-order valence-corrected chi connectivity index (χ0v) is 14.9. The lowest BCUT2D eigenvalue weighted by molar-refractivity contribution is -0.579. The lowest BCUT2D eigenvalue weighted by Gasteiger charge is -2.25. The summed E-state index contributed by atoms with van der Waals surface area (Å²) in [4.78, 5) is 8.48. The SMILES string of the molecule is N=C(c1ccc(Oc2ccccc2)cc1)c1cncnc1[NH2+]C[C@H]1CCN1. The maximum Gasteiger partial charge on any atom is 0.236 e. The molecular formula is C21H22N5O+. The van der Waals surface area contributed by atoms with Crippen LogP contribution in [0, 0.1) is 5.41 Å². The molecule has 2 heterocycles. The van der Waals surface area contributed by atoms with Gasteiger partial charge in [0, 0.05) is 11.8 Å². The summed E-state index contributed by atoms with van der Waals surface area (Å²) in [5.41, 5.74) is 1.96. The molecule has 1 aliphatic rings. The Labute approximate surface area is 158 Å². The van der Waals surface area contributed by atoms with Gasteiger partial charge in [-0.05, 0) is 49.4 Å². The predicted octanol–water partition coefficient (Wildman–Crippen LogP) is 2.24.